The van der Waals surface area contributed by atoms with Crippen molar-refractivity contribution in [2.75, 3.05) is 0 Å². The molecule has 0 aliphatic heterocycles. The van der Waals surface area contributed by atoms with Crippen molar-refractivity contribution in [2.24, 2.45) is 0 Å². The first kappa shape index (κ1) is 25.5. The van der Waals surface area contributed by atoms with Crippen LogP contribution in [-0.4, -0.2) is 9.97 Å². The molecule has 3 aromatic carbocycles. The molecule has 6 rings (SSSR count). The zero-order valence-corrected chi connectivity index (χ0v) is 22.8. The maximum absolute atomic E-state index is 6.01. The summed E-state index contributed by atoms with van der Waals surface area (Å²) in [5.74, 6) is 0.555. The predicted molar refractivity (Wildman–Crippen MR) is 143 cm³/mol. The fraction of sp³-hybridized carbons (Fsp3) is 0.125. The summed E-state index contributed by atoms with van der Waals surface area (Å²) < 4.78 is 6.01. The Morgan fingerprint density at radius 3 is 2.31 bits per heavy atom. The van der Waals surface area contributed by atoms with E-state index in [2.05, 4.69) is 73.2 Å². The van der Waals surface area contributed by atoms with Crippen LogP contribution in [0.3, 0.4) is 0 Å². The van der Waals surface area contributed by atoms with Gasteiger partial charge in [0.05, 0.1) is 5.58 Å². The summed E-state index contributed by atoms with van der Waals surface area (Å²) in [5, 5.41) is 2.24. The van der Waals surface area contributed by atoms with Crippen molar-refractivity contribution in [3.63, 3.8) is 0 Å². The smallest absolute Gasteiger partial charge is 0.120 e. The van der Waals surface area contributed by atoms with Crippen molar-refractivity contribution < 1.29 is 24.5 Å². The summed E-state index contributed by atoms with van der Waals surface area (Å²) in [6.07, 6.45) is 3.62. The number of fused-ring (bicyclic) bond motifs is 3. The van der Waals surface area contributed by atoms with Gasteiger partial charge in [-0.1, -0.05) is 72.7 Å². The molecule has 0 aliphatic carbocycles. The van der Waals surface area contributed by atoms with Gasteiger partial charge in [0, 0.05) is 37.9 Å². The Morgan fingerprint density at radius 1 is 0.778 bits per heavy atom. The molecule has 0 unspecified atom stereocenters. The Bertz CT molecular complexity index is 1570. The van der Waals surface area contributed by atoms with Crippen molar-refractivity contribution in [3.8, 4) is 22.5 Å². The minimum absolute atomic E-state index is 0. The normalized spacial score (nSPS) is 10.7. The van der Waals surface area contributed by atoms with E-state index in [4.69, 9.17) is 4.42 Å². The van der Waals surface area contributed by atoms with E-state index < -0.39 is 0 Å². The van der Waals surface area contributed by atoms with Gasteiger partial charge in [-0.2, -0.15) is 0 Å². The Labute approximate surface area is 225 Å². The maximum atomic E-state index is 6.01. The number of furan rings is 1. The quantitative estimate of drug-likeness (QED) is 0.181. The van der Waals surface area contributed by atoms with E-state index in [1.807, 2.05) is 60.8 Å². The average Bonchev–Trinajstić information content (AvgIpc) is 3.29. The van der Waals surface area contributed by atoms with E-state index in [0.717, 1.165) is 44.5 Å². The van der Waals surface area contributed by atoms with Crippen LogP contribution in [0.5, 0.6) is 0 Å². The van der Waals surface area contributed by atoms with Gasteiger partial charge in [0.15, 0.2) is 0 Å². The van der Waals surface area contributed by atoms with Crippen LogP contribution in [0.15, 0.2) is 102 Å². The first-order valence-corrected chi connectivity index (χ1v) is 11.8. The number of aromatic nitrogens is 2. The Balaban J connectivity index is 0.000000172. The van der Waals surface area contributed by atoms with Crippen molar-refractivity contribution in [2.45, 2.75) is 26.7 Å². The van der Waals surface area contributed by atoms with E-state index in [0.29, 0.717) is 5.92 Å². The van der Waals surface area contributed by atoms with Crippen LogP contribution in [0.1, 0.15) is 30.9 Å². The minimum atomic E-state index is 0. The van der Waals surface area contributed by atoms with Crippen molar-refractivity contribution in [1.29, 1.82) is 0 Å². The van der Waals surface area contributed by atoms with Crippen LogP contribution in [-0.2, 0) is 20.1 Å². The van der Waals surface area contributed by atoms with Gasteiger partial charge in [-0.25, -0.2) is 0 Å². The van der Waals surface area contributed by atoms with Gasteiger partial charge in [0.2, 0.25) is 0 Å². The molecule has 3 heterocycles. The summed E-state index contributed by atoms with van der Waals surface area (Å²) in [5.41, 5.74) is 8.10. The van der Waals surface area contributed by atoms with Gasteiger partial charge in [0.1, 0.15) is 5.58 Å². The van der Waals surface area contributed by atoms with Crippen molar-refractivity contribution in [1.82, 2.24) is 9.97 Å². The maximum Gasteiger partial charge on any atom is 0.120 e. The molecule has 0 fully saturated rings. The molecule has 36 heavy (non-hydrogen) atoms. The summed E-state index contributed by atoms with van der Waals surface area (Å²) in [6.45, 7) is 6.43. The van der Waals surface area contributed by atoms with E-state index in [9.17, 15) is 0 Å². The molecular weight excluding hydrogens is 621 g/mol. The molecular formula is C32H26IrN2O-2. The number of nitrogens with zero attached hydrogens (tertiary/aromatic N) is 2. The van der Waals surface area contributed by atoms with Crippen LogP contribution in [0, 0.1) is 19.1 Å². The average molecular weight is 647 g/mol. The zero-order valence-electron chi connectivity index (χ0n) is 20.5. The standard InChI is InChI=1S/C18H12NO.C14H14N.Ir/c1-12-9-10-19-16(11-12)15-7-4-6-14-13-5-2-3-8-17(13)20-18(14)15;1-11(2)12-6-8-13(9-7-12)14-5-3-4-10-15-14;/h2-6,8-11H,1H3;3-8,10-11H,1-2H3;/q2*-1;. The summed E-state index contributed by atoms with van der Waals surface area (Å²) in [7, 11) is 0. The molecule has 0 saturated carbocycles. The number of aryl methyl sites for hydroxylation is 1. The van der Waals surface area contributed by atoms with Crippen molar-refractivity contribution in [3.05, 3.63) is 121 Å². The van der Waals surface area contributed by atoms with Gasteiger partial charge in [-0.3, -0.25) is 0 Å². The van der Waals surface area contributed by atoms with E-state index in [1.54, 1.807) is 6.20 Å². The molecule has 4 heteroatoms. The first-order valence-electron chi connectivity index (χ1n) is 11.8. The third-order valence-electron chi connectivity index (χ3n) is 5.95. The fourth-order valence-electron chi connectivity index (χ4n) is 4.03. The number of rotatable bonds is 3. The molecule has 181 valence electrons. The second-order valence-corrected chi connectivity index (χ2v) is 8.82. The largest absolute Gasteiger partial charge is 0.501 e. The number of benzene rings is 3. The number of hydrogen-bond donors (Lipinski definition) is 0. The molecule has 0 atom stereocenters. The molecule has 0 spiro atoms. The van der Waals surface area contributed by atoms with Crippen LogP contribution in [0.25, 0.3) is 44.5 Å². The third kappa shape index (κ3) is 5.46. The number of pyridine rings is 2. The summed E-state index contributed by atoms with van der Waals surface area (Å²) in [4.78, 5) is 8.73. The minimum Gasteiger partial charge on any atom is -0.501 e. The second-order valence-electron chi connectivity index (χ2n) is 8.82. The van der Waals surface area contributed by atoms with E-state index >= 15 is 0 Å². The molecule has 0 saturated heterocycles. The van der Waals surface area contributed by atoms with Crippen LogP contribution in [0.4, 0.5) is 0 Å². The zero-order chi connectivity index (χ0) is 24.2. The molecule has 0 bridgehead atoms. The first-order chi connectivity index (χ1) is 17.1. The predicted octanol–water partition coefficient (Wildman–Crippen LogP) is 8.43. The topological polar surface area (TPSA) is 38.9 Å². The molecule has 3 aromatic heterocycles. The second kappa shape index (κ2) is 11.4. The Kier molecular flexibility index (Phi) is 8.10. The summed E-state index contributed by atoms with van der Waals surface area (Å²) >= 11 is 0. The SMILES string of the molecule is CC(C)c1c[c-]c(-c2ccccn2)cc1.Cc1ccnc(-c2[c-]ccc3c2oc2ccccc23)c1.[Ir]. The Morgan fingerprint density at radius 2 is 1.58 bits per heavy atom. The summed E-state index contributed by atoms with van der Waals surface area (Å²) in [6, 6.07) is 34.8. The van der Waals surface area contributed by atoms with E-state index in [-0.39, 0.29) is 20.1 Å². The molecule has 0 aliphatic rings. The molecule has 1 radical (unpaired) electrons. The van der Waals surface area contributed by atoms with Crippen molar-refractivity contribution >= 4 is 21.9 Å². The molecule has 6 aromatic rings. The fourth-order valence-corrected chi connectivity index (χ4v) is 4.03. The van der Waals surface area contributed by atoms with Gasteiger partial charge in [-0.15, -0.1) is 53.6 Å². The van der Waals surface area contributed by atoms with Gasteiger partial charge in [0.25, 0.3) is 0 Å². The number of para-hydroxylation sites is 1. The molecule has 3 nitrogen and oxygen atoms in total. The molecule has 0 N–H and O–H groups in total. The van der Waals surface area contributed by atoms with Crippen LogP contribution in [0.2, 0.25) is 0 Å². The Hall–Kier alpha value is -3.59. The van der Waals surface area contributed by atoms with E-state index in [1.165, 1.54) is 11.1 Å². The van der Waals surface area contributed by atoms with Gasteiger partial charge in [-0.05, 0) is 36.5 Å². The van der Waals surface area contributed by atoms with Crippen LogP contribution < -0.4 is 0 Å². The van der Waals surface area contributed by atoms with Gasteiger partial charge < -0.3 is 14.4 Å². The third-order valence-corrected chi connectivity index (χ3v) is 5.95. The van der Waals surface area contributed by atoms with Crippen LogP contribution >= 0.6 is 0 Å². The molecule has 0 amide bonds. The monoisotopic (exact) mass is 647 g/mol. The number of hydrogen-bond acceptors (Lipinski definition) is 3. The van der Waals surface area contributed by atoms with Gasteiger partial charge >= 0.3 is 0 Å².